The van der Waals surface area contributed by atoms with Crippen LogP contribution in [0.25, 0.3) is 0 Å². The Kier molecular flexibility index (Phi) is 14.7. The zero-order chi connectivity index (χ0) is 21.6. The Balaban J connectivity index is 0.00000480. The summed E-state index contributed by atoms with van der Waals surface area (Å²) in [4.78, 5) is 9.31. The molecule has 2 N–H and O–H groups in total. The first-order valence-corrected chi connectivity index (χ1v) is 11.4. The van der Waals surface area contributed by atoms with E-state index < -0.39 is 0 Å². The van der Waals surface area contributed by atoms with Gasteiger partial charge in [0.15, 0.2) is 17.5 Å². The molecule has 0 atom stereocenters. The molecular formula is C23H42IN5O2. The van der Waals surface area contributed by atoms with Crippen molar-refractivity contribution in [1.29, 1.82) is 0 Å². The molecule has 0 amide bonds. The second-order valence-electron chi connectivity index (χ2n) is 7.67. The van der Waals surface area contributed by atoms with E-state index in [-0.39, 0.29) is 24.0 Å². The van der Waals surface area contributed by atoms with Gasteiger partial charge in [0.05, 0.1) is 13.2 Å². The van der Waals surface area contributed by atoms with Gasteiger partial charge in [-0.25, -0.2) is 0 Å². The molecule has 1 heterocycles. The molecule has 1 aromatic carbocycles. The molecule has 1 aliphatic heterocycles. The van der Waals surface area contributed by atoms with Gasteiger partial charge in [0.1, 0.15) is 0 Å². The first-order chi connectivity index (χ1) is 14.7. The third-order valence-electron chi connectivity index (χ3n) is 5.33. The quantitative estimate of drug-likeness (QED) is 0.182. The molecule has 2 rings (SSSR count). The third-order valence-corrected chi connectivity index (χ3v) is 5.33. The third kappa shape index (κ3) is 10.7. The van der Waals surface area contributed by atoms with Crippen molar-refractivity contribution in [3.8, 4) is 11.5 Å². The Morgan fingerprint density at radius 3 is 2.32 bits per heavy atom. The number of guanidine groups is 1. The topological polar surface area (TPSA) is 61.4 Å². The normalized spacial score (nSPS) is 15.3. The number of rotatable bonds is 12. The van der Waals surface area contributed by atoms with E-state index >= 15 is 0 Å². The first-order valence-electron chi connectivity index (χ1n) is 11.4. The van der Waals surface area contributed by atoms with Gasteiger partial charge in [0.25, 0.3) is 0 Å². The van der Waals surface area contributed by atoms with Gasteiger partial charge in [0.2, 0.25) is 0 Å². The average molecular weight is 548 g/mol. The van der Waals surface area contributed by atoms with E-state index in [9.17, 15) is 0 Å². The molecule has 0 aliphatic carbocycles. The summed E-state index contributed by atoms with van der Waals surface area (Å²) in [5.74, 6) is 2.50. The van der Waals surface area contributed by atoms with Gasteiger partial charge >= 0.3 is 0 Å². The van der Waals surface area contributed by atoms with E-state index in [1.54, 1.807) is 0 Å². The molecule has 0 spiro atoms. The van der Waals surface area contributed by atoms with Crippen molar-refractivity contribution >= 4 is 29.9 Å². The molecule has 31 heavy (non-hydrogen) atoms. The molecular weight excluding hydrogens is 505 g/mol. The molecule has 0 bridgehead atoms. The van der Waals surface area contributed by atoms with Crippen molar-refractivity contribution in [2.75, 3.05) is 73.1 Å². The number of halogens is 1. The van der Waals surface area contributed by atoms with Crippen molar-refractivity contribution < 1.29 is 9.47 Å². The van der Waals surface area contributed by atoms with Crippen molar-refractivity contribution in [1.82, 2.24) is 20.4 Å². The summed E-state index contributed by atoms with van der Waals surface area (Å²) in [5.41, 5.74) is 1.22. The smallest absolute Gasteiger partial charge is 0.190 e. The maximum atomic E-state index is 5.72. The Hall–Kier alpha value is -1.26. The molecule has 0 saturated carbocycles. The van der Waals surface area contributed by atoms with Crippen LogP contribution in [0.2, 0.25) is 0 Å². The van der Waals surface area contributed by atoms with Crippen LogP contribution in [0.15, 0.2) is 23.2 Å². The summed E-state index contributed by atoms with van der Waals surface area (Å²) in [6.07, 6.45) is 3.28. The summed E-state index contributed by atoms with van der Waals surface area (Å²) < 4.78 is 11.4. The summed E-state index contributed by atoms with van der Waals surface area (Å²) in [6, 6.07) is 6.17. The number of likely N-dealkylation sites (N-methyl/N-ethyl adjacent to an activating group) is 1. The molecule has 7 nitrogen and oxygen atoms in total. The van der Waals surface area contributed by atoms with Crippen LogP contribution in [0, 0.1) is 0 Å². The number of nitrogens with zero attached hydrogens (tertiary/aromatic N) is 3. The first kappa shape index (κ1) is 27.8. The van der Waals surface area contributed by atoms with Crippen LogP contribution in [-0.4, -0.2) is 88.9 Å². The lowest BCUT2D eigenvalue weighted by molar-refractivity contribution is 0.152. The lowest BCUT2D eigenvalue weighted by atomic mass is 10.1. The Morgan fingerprint density at radius 2 is 1.65 bits per heavy atom. The summed E-state index contributed by atoms with van der Waals surface area (Å²) in [5, 5.41) is 6.83. The van der Waals surface area contributed by atoms with Crippen LogP contribution >= 0.6 is 24.0 Å². The van der Waals surface area contributed by atoms with Gasteiger partial charge in [-0.1, -0.05) is 6.07 Å². The minimum absolute atomic E-state index is 0. The lowest BCUT2D eigenvalue weighted by Gasteiger charge is -2.32. The molecule has 1 saturated heterocycles. The van der Waals surface area contributed by atoms with Crippen LogP contribution < -0.4 is 20.1 Å². The van der Waals surface area contributed by atoms with Gasteiger partial charge in [-0.15, -0.1) is 24.0 Å². The van der Waals surface area contributed by atoms with E-state index in [0.717, 1.165) is 43.4 Å². The molecule has 1 fully saturated rings. The highest BCUT2D eigenvalue weighted by molar-refractivity contribution is 14.0. The van der Waals surface area contributed by atoms with Gasteiger partial charge in [-0.2, -0.15) is 0 Å². The molecule has 178 valence electrons. The molecule has 8 heteroatoms. The van der Waals surface area contributed by atoms with Crippen LogP contribution in [0.3, 0.4) is 0 Å². The number of aliphatic imine (C=N–C) groups is 1. The minimum Gasteiger partial charge on any atom is -0.490 e. The number of hydrogen-bond donors (Lipinski definition) is 2. The van der Waals surface area contributed by atoms with Gasteiger partial charge in [0, 0.05) is 46.3 Å². The van der Waals surface area contributed by atoms with Crippen LogP contribution in [-0.2, 0) is 6.42 Å². The Labute approximate surface area is 206 Å². The monoisotopic (exact) mass is 547 g/mol. The fraction of sp³-hybridized carbons (Fsp3) is 0.696. The fourth-order valence-corrected chi connectivity index (χ4v) is 3.54. The molecule has 0 unspecified atom stereocenters. The largest absolute Gasteiger partial charge is 0.490 e. The van der Waals surface area contributed by atoms with Crippen LogP contribution in [0.1, 0.15) is 32.3 Å². The predicted molar refractivity (Wildman–Crippen MR) is 140 cm³/mol. The summed E-state index contributed by atoms with van der Waals surface area (Å²) >= 11 is 0. The standard InChI is InChI=1S/C23H41N5O2.HI/c1-5-29-21-10-9-20(19-22(21)30-6-2)11-13-26-23(24-3)25-12-7-8-14-28-17-15-27(4)16-18-28;/h9-10,19H,5-8,11-18H2,1-4H3,(H2,24,25,26);1H. The van der Waals surface area contributed by atoms with E-state index in [1.165, 1.54) is 44.7 Å². The highest BCUT2D eigenvalue weighted by atomic mass is 127. The minimum atomic E-state index is 0. The molecule has 1 aliphatic rings. The lowest BCUT2D eigenvalue weighted by Crippen LogP contribution is -2.44. The van der Waals surface area contributed by atoms with Crippen molar-refractivity contribution in [3.05, 3.63) is 23.8 Å². The second kappa shape index (κ2) is 16.4. The molecule has 1 aromatic rings. The number of nitrogens with one attached hydrogen (secondary N) is 2. The maximum absolute atomic E-state index is 5.72. The molecule has 0 aromatic heterocycles. The fourth-order valence-electron chi connectivity index (χ4n) is 3.54. The van der Waals surface area contributed by atoms with Crippen molar-refractivity contribution in [2.24, 2.45) is 4.99 Å². The number of unbranched alkanes of at least 4 members (excludes halogenated alkanes) is 1. The number of benzene rings is 1. The van der Waals surface area contributed by atoms with Crippen LogP contribution in [0.4, 0.5) is 0 Å². The van der Waals surface area contributed by atoms with E-state index in [1.807, 2.05) is 27.0 Å². The van der Waals surface area contributed by atoms with E-state index in [2.05, 4.69) is 44.6 Å². The van der Waals surface area contributed by atoms with E-state index in [4.69, 9.17) is 9.47 Å². The Bertz CT molecular complexity index is 636. The summed E-state index contributed by atoms with van der Waals surface area (Å²) in [6.45, 7) is 13.0. The Morgan fingerprint density at radius 1 is 0.968 bits per heavy atom. The summed E-state index contributed by atoms with van der Waals surface area (Å²) in [7, 11) is 4.03. The SMILES string of the molecule is CCOc1ccc(CCNC(=NC)NCCCCN2CCN(C)CC2)cc1OCC.I. The number of hydrogen-bond acceptors (Lipinski definition) is 5. The molecule has 0 radical (unpaired) electrons. The predicted octanol–water partition coefficient (Wildman–Crippen LogP) is 2.84. The number of ether oxygens (including phenoxy) is 2. The van der Waals surface area contributed by atoms with Crippen molar-refractivity contribution in [3.63, 3.8) is 0 Å². The van der Waals surface area contributed by atoms with Gasteiger partial charge < -0.3 is 29.9 Å². The zero-order valence-corrected chi connectivity index (χ0v) is 22.1. The highest BCUT2D eigenvalue weighted by Gasteiger charge is 2.12. The average Bonchev–Trinajstić information content (AvgIpc) is 2.75. The number of piperazine rings is 1. The van der Waals surface area contributed by atoms with E-state index in [0.29, 0.717) is 13.2 Å². The highest BCUT2D eigenvalue weighted by Crippen LogP contribution is 2.28. The zero-order valence-electron chi connectivity index (χ0n) is 19.8. The van der Waals surface area contributed by atoms with Crippen molar-refractivity contribution in [2.45, 2.75) is 33.1 Å². The van der Waals surface area contributed by atoms with Crippen LogP contribution in [0.5, 0.6) is 11.5 Å². The van der Waals surface area contributed by atoms with Gasteiger partial charge in [-0.05, 0) is 64.4 Å². The van der Waals surface area contributed by atoms with Gasteiger partial charge in [-0.3, -0.25) is 4.99 Å². The second-order valence-corrected chi connectivity index (χ2v) is 7.67. The maximum Gasteiger partial charge on any atom is 0.190 e.